The average Bonchev–Trinajstić information content (AvgIpc) is 2.69. The second kappa shape index (κ2) is 10.0. The van der Waals surface area contributed by atoms with Gasteiger partial charge in [0.2, 0.25) is 11.8 Å². The van der Waals surface area contributed by atoms with E-state index in [2.05, 4.69) is 29.5 Å². The first-order valence-corrected chi connectivity index (χ1v) is 10.6. The zero-order valence-electron chi connectivity index (χ0n) is 17.2. The number of carbonyl (C=O) groups excluding carboxylic acids is 2. The Labute approximate surface area is 168 Å². The Morgan fingerprint density at radius 1 is 1.25 bits per heavy atom. The Morgan fingerprint density at radius 2 is 2.04 bits per heavy atom. The summed E-state index contributed by atoms with van der Waals surface area (Å²) in [5.74, 6) is 1.16. The number of nitrogens with one attached hydrogen (secondary N) is 2. The highest BCUT2D eigenvalue weighted by Gasteiger charge is 2.22. The summed E-state index contributed by atoms with van der Waals surface area (Å²) in [6.45, 7) is 7.71. The summed E-state index contributed by atoms with van der Waals surface area (Å²) in [7, 11) is 2.08. The number of rotatable bonds is 6. The van der Waals surface area contributed by atoms with E-state index in [9.17, 15) is 9.59 Å². The maximum absolute atomic E-state index is 12.5. The van der Waals surface area contributed by atoms with Crippen molar-refractivity contribution in [3.8, 4) is 0 Å². The van der Waals surface area contributed by atoms with Gasteiger partial charge in [0, 0.05) is 38.3 Å². The fourth-order valence-electron chi connectivity index (χ4n) is 4.14. The van der Waals surface area contributed by atoms with Crippen molar-refractivity contribution in [3.05, 3.63) is 29.8 Å². The van der Waals surface area contributed by atoms with E-state index in [1.165, 1.54) is 12.8 Å². The smallest absolute Gasteiger partial charge is 0.227 e. The lowest BCUT2D eigenvalue weighted by atomic mass is 9.85. The summed E-state index contributed by atoms with van der Waals surface area (Å²) < 4.78 is 0. The summed E-state index contributed by atoms with van der Waals surface area (Å²) in [6.07, 6.45) is 3.32. The molecule has 0 spiro atoms. The van der Waals surface area contributed by atoms with Gasteiger partial charge in [-0.15, -0.1) is 0 Å². The molecule has 1 aromatic rings. The topological polar surface area (TPSA) is 64.7 Å². The first-order chi connectivity index (χ1) is 13.5. The lowest BCUT2D eigenvalue weighted by molar-refractivity contribution is -0.132. The van der Waals surface area contributed by atoms with E-state index in [0.717, 1.165) is 50.5 Å². The van der Waals surface area contributed by atoms with Crippen LogP contribution < -0.4 is 10.6 Å². The number of hydrogen-bond acceptors (Lipinski definition) is 4. The number of likely N-dealkylation sites (N-methyl/N-ethyl adjacent to an activating group) is 1. The van der Waals surface area contributed by atoms with Gasteiger partial charge in [0.1, 0.15) is 0 Å². The molecule has 2 aliphatic heterocycles. The van der Waals surface area contributed by atoms with Crippen LogP contribution in [0.2, 0.25) is 0 Å². The molecular weight excluding hydrogens is 352 g/mol. The second-order valence-electron chi connectivity index (χ2n) is 8.40. The molecule has 2 heterocycles. The van der Waals surface area contributed by atoms with Crippen LogP contribution in [0.1, 0.15) is 31.7 Å². The number of benzene rings is 1. The van der Waals surface area contributed by atoms with Crippen molar-refractivity contribution in [3.63, 3.8) is 0 Å². The van der Waals surface area contributed by atoms with Crippen LogP contribution in [0, 0.1) is 11.8 Å². The highest BCUT2D eigenvalue weighted by Crippen LogP contribution is 2.23. The molecule has 0 aliphatic carbocycles. The van der Waals surface area contributed by atoms with Crippen molar-refractivity contribution in [2.24, 2.45) is 11.8 Å². The van der Waals surface area contributed by atoms with Gasteiger partial charge in [0.15, 0.2) is 0 Å². The van der Waals surface area contributed by atoms with Crippen LogP contribution in [0.4, 0.5) is 5.69 Å². The molecule has 0 bridgehead atoms. The zero-order valence-corrected chi connectivity index (χ0v) is 17.2. The molecule has 0 radical (unpaired) electrons. The summed E-state index contributed by atoms with van der Waals surface area (Å²) in [5, 5.41) is 6.44. The first-order valence-electron chi connectivity index (χ1n) is 10.6. The van der Waals surface area contributed by atoms with Gasteiger partial charge in [-0.25, -0.2) is 0 Å². The summed E-state index contributed by atoms with van der Waals surface area (Å²) in [5.41, 5.74) is 1.73. The maximum Gasteiger partial charge on any atom is 0.227 e. The summed E-state index contributed by atoms with van der Waals surface area (Å²) in [6, 6.07) is 7.70. The van der Waals surface area contributed by atoms with Crippen LogP contribution in [0.25, 0.3) is 0 Å². The third-order valence-corrected chi connectivity index (χ3v) is 6.07. The highest BCUT2D eigenvalue weighted by atomic mass is 16.2. The van der Waals surface area contributed by atoms with E-state index in [-0.39, 0.29) is 11.8 Å². The van der Waals surface area contributed by atoms with Gasteiger partial charge in [0.25, 0.3) is 0 Å². The number of piperazine rings is 1. The molecule has 2 N–H and O–H groups in total. The Kier molecular flexibility index (Phi) is 7.45. The number of anilines is 1. The molecule has 3 rings (SSSR count). The molecule has 2 atom stereocenters. The normalized spacial score (nSPS) is 21.9. The molecule has 0 aromatic heterocycles. The van der Waals surface area contributed by atoms with Crippen molar-refractivity contribution >= 4 is 17.5 Å². The number of amides is 2. The van der Waals surface area contributed by atoms with E-state index in [0.29, 0.717) is 24.7 Å². The predicted octanol–water partition coefficient (Wildman–Crippen LogP) is 1.97. The van der Waals surface area contributed by atoms with Gasteiger partial charge in [-0.2, -0.15) is 0 Å². The third kappa shape index (κ3) is 6.04. The molecule has 1 aromatic carbocycles. The minimum atomic E-state index is 0.0561. The molecule has 28 heavy (non-hydrogen) atoms. The molecule has 6 heteroatoms. The van der Waals surface area contributed by atoms with E-state index in [1.54, 1.807) is 0 Å². The monoisotopic (exact) mass is 386 g/mol. The highest BCUT2D eigenvalue weighted by molar-refractivity contribution is 5.91. The van der Waals surface area contributed by atoms with Crippen LogP contribution in [-0.2, 0) is 16.0 Å². The Hall–Kier alpha value is -1.92. The Balaban J connectivity index is 1.49. The van der Waals surface area contributed by atoms with Crippen LogP contribution in [0.5, 0.6) is 0 Å². The minimum absolute atomic E-state index is 0.0561. The zero-order chi connectivity index (χ0) is 19.9. The number of nitrogens with zero attached hydrogens (tertiary/aromatic N) is 2. The third-order valence-electron chi connectivity index (χ3n) is 6.07. The van der Waals surface area contributed by atoms with Gasteiger partial charge in [-0.3, -0.25) is 9.59 Å². The molecular formula is C22H34N4O2. The minimum Gasteiger partial charge on any atom is -0.340 e. The standard InChI is InChI=1S/C22H34N4O2/c1-17(19-6-4-8-23-16-19)13-21(27)24-20-7-3-5-18(14-20)15-22(28)26-11-9-25(2)10-12-26/h3,5,7,14,17,19,23H,4,6,8-13,15-16H2,1-2H3,(H,24,27). The summed E-state index contributed by atoms with van der Waals surface area (Å²) >= 11 is 0. The molecule has 2 fully saturated rings. The molecule has 6 nitrogen and oxygen atoms in total. The van der Waals surface area contributed by atoms with Gasteiger partial charge in [0.05, 0.1) is 6.42 Å². The van der Waals surface area contributed by atoms with Gasteiger partial charge in [-0.1, -0.05) is 19.1 Å². The number of carbonyl (C=O) groups is 2. The van der Waals surface area contributed by atoms with E-state index >= 15 is 0 Å². The van der Waals surface area contributed by atoms with Crippen LogP contribution in [-0.4, -0.2) is 67.9 Å². The molecule has 2 amide bonds. The number of hydrogen-bond donors (Lipinski definition) is 2. The van der Waals surface area contributed by atoms with Crippen molar-refractivity contribution < 1.29 is 9.59 Å². The van der Waals surface area contributed by atoms with E-state index in [1.807, 2.05) is 29.2 Å². The number of piperidine rings is 1. The maximum atomic E-state index is 12.5. The van der Waals surface area contributed by atoms with Crippen molar-refractivity contribution in [1.82, 2.24) is 15.1 Å². The fourth-order valence-corrected chi connectivity index (χ4v) is 4.14. The lowest BCUT2D eigenvalue weighted by Crippen LogP contribution is -2.47. The molecule has 0 saturated carbocycles. The van der Waals surface area contributed by atoms with Crippen LogP contribution >= 0.6 is 0 Å². The van der Waals surface area contributed by atoms with E-state index in [4.69, 9.17) is 0 Å². The quantitative estimate of drug-likeness (QED) is 0.785. The summed E-state index contributed by atoms with van der Waals surface area (Å²) in [4.78, 5) is 29.2. The van der Waals surface area contributed by atoms with Crippen LogP contribution in [0.15, 0.2) is 24.3 Å². The van der Waals surface area contributed by atoms with E-state index < -0.39 is 0 Å². The Morgan fingerprint density at radius 3 is 2.75 bits per heavy atom. The van der Waals surface area contributed by atoms with Gasteiger partial charge >= 0.3 is 0 Å². The molecule has 154 valence electrons. The second-order valence-corrected chi connectivity index (χ2v) is 8.40. The average molecular weight is 387 g/mol. The molecule has 2 aliphatic rings. The molecule has 2 unspecified atom stereocenters. The lowest BCUT2D eigenvalue weighted by Gasteiger charge is -2.32. The SMILES string of the molecule is CC(CC(=O)Nc1cccc(CC(=O)N2CCN(C)CC2)c1)C1CCCNC1. The largest absolute Gasteiger partial charge is 0.340 e. The van der Waals surface area contributed by atoms with Gasteiger partial charge < -0.3 is 20.4 Å². The predicted molar refractivity (Wildman–Crippen MR) is 112 cm³/mol. The molecule has 2 saturated heterocycles. The van der Waals surface area contributed by atoms with Gasteiger partial charge in [-0.05, 0) is 62.5 Å². The Bertz CT molecular complexity index is 664. The van der Waals surface area contributed by atoms with Crippen molar-refractivity contribution in [2.45, 2.75) is 32.6 Å². The first kappa shape index (κ1) is 20.8. The van der Waals surface area contributed by atoms with Crippen molar-refractivity contribution in [1.29, 1.82) is 0 Å². The fraction of sp³-hybridized carbons (Fsp3) is 0.636. The van der Waals surface area contributed by atoms with Crippen molar-refractivity contribution in [2.75, 3.05) is 51.6 Å². The van der Waals surface area contributed by atoms with Crippen LogP contribution in [0.3, 0.4) is 0 Å².